The Bertz CT molecular complexity index is 387. The van der Waals surface area contributed by atoms with Crippen molar-refractivity contribution >= 4 is 17.2 Å². The molecule has 1 rings (SSSR count). The lowest BCUT2D eigenvalue weighted by Gasteiger charge is -2.22. The van der Waals surface area contributed by atoms with Gasteiger partial charge < -0.3 is 10.5 Å². The number of aryl methyl sites for hydroxylation is 1. The number of rotatable bonds is 8. The molecule has 0 aliphatic rings. The van der Waals surface area contributed by atoms with Crippen LogP contribution in [0.15, 0.2) is 12.4 Å². The molecule has 5 heteroatoms. The van der Waals surface area contributed by atoms with Gasteiger partial charge in [0.25, 0.3) is 0 Å². The first-order chi connectivity index (χ1) is 8.45. The summed E-state index contributed by atoms with van der Waals surface area (Å²) >= 11 is 5.05. The van der Waals surface area contributed by atoms with Gasteiger partial charge in [0.15, 0.2) is 5.75 Å². The normalized spacial score (nSPS) is 11.5. The number of thiocarbonyl (C=S) groups is 1. The van der Waals surface area contributed by atoms with E-state index >= 15 is 0 Å². The molecule has 0 aromatic carbocycles. The summed E-state index contributed by atoms with van der Waals surface area (Å²) < 4.78 is 7.40. The first kappa shape index (κ1) is 15.0. The number of hydrogen-bond acceptors (Lipinski definition) is 3. The van der Waals surface area contributed by atoms with Crippen LogP contribution in [0.4, 0.5) is 0 Å². The average molecular weight is 269 g/mol. The van der Waals surface area contributed by atoms with Crippen LogP contribution < -0.4 is 10.5 Å². The summed E-state index contributed by atoms with van der Waals surface area (Å²) in [6.45, 7) is 7.84. The van der Waals surface area contributed by atoms with Gasteiger partial charge in [0.1, 0.15) is 0 Å². The topological polar surface area (TPSA) is 53.1 Å². The minimum Gasteiger partial charge on any atom is -0.490 e. The third kappa shape index (κ3) is 4.64. The van der Waals surface area contributed by atoms with E-state index < -0.39 is 0 Å². The smallest absolute Gasteiger partial charge is 0.157 e. The first-order valence-electron chi connectivity index (χ1n) is 6.41. The van der Waals surface area contributed by atoms with Gasteiger partial charge in [0, 0.05) is 12.0 Å². The molecule has 0 bridgehead atoms. The lowest BCUT2D eigenvalue weighted by Crippen LogP contribution is -2.29. The second kappa shape index (κ2) is 6.73. The molecular weight excluding hydrogens is 246 g/mol. The summed E-state index contributed by atoms with van der Waals surface area (Å²) in [5, 5.41) is 4.26. The third-order valence-electron chi connectivity index (χ3n) is 2.94. The van der Waals surface area contributed by atoms with Crippen LogP contribution >= 0.6 is 12.2 Å². The fraction of sp³-hybridized carbons (Fsp3) is 0.692. The maximum atomic E-state index is 5.70. The van der Waals surface area contributed by atoms with Gasteiger partial charge in [-0.3, -0.25) is 4.68 Å². The second-order valence-corrected chi connectivity index (χ2v) is 5.58. The van der Waals surface area contributed by atoms with Crippen molar-refractivity contribution in [1.29, 1.82) is 0 Å². The highest BCUT2D eigenvalue weighted by Crippen LogP contribution is 2.23. The Labute approximate surface area is 115 Å². The van der Waals surface area contributed by atoms with E-state index in [0.29, 0.717) is 4.99 Å². The SMILES string of the molecule is CCCOc1cnn(CCCC(C)(C)C(N)=S)c1. The molecule has 1 heterocycles. The Balaban J connectivity index is 2.35. The van der Waals surface area contributed by atoms with Crippen LogP contribution in [0.2, 0.25) is 0 Å². The zero-order valence-electron chi connectivity index (χ0n) is 11.5. The maximum absolute atomic E-state index is 5.70. The molecule has 18 heavy (non-hydrogen) atoms. The van der Waals surface area contributed by atoms with Gasteiger partial charge >= 0.3 is 0 Å². The van der Waals surface area contributed by atoms with E-state index in [2.05, 4.69) is 25.9 Å². The largest absolute Gasteiger partial charge is 0.490 e. The third-order valence-corrected chi connectivity index (χ3v) is 3.49. The van der Waals surface area contributed by atoms with Crippen LogP contribution in [0.1, 0.15) is 40.0 Å². The Morgan fingerprint density at radius 2 is 2.28 bits per heavy atom. The van der Waals surface area contributed by atoms with E-state index in [0.717, 1.165) is 38.2 Å². The van der Waals surface area contributed by atoms with Crippen molar-refractivity contribution in [3.8, 4) is 5.75 Å². The minimum atomic E-state index is -0.0793. The summed E-state index contributed by atoms with van der Waals surface area (Å²) in [5.74, 6) is 0.838. The molecule has 0 aliphatic carbocycles. The Morgan fingerprint density at radius 3 is 2.89 bits per heavy atom. The van der Waals surface area contributed by atoms with Gasteiger partial charge in [-0.05, 0) is 19.3 Å². The van der Waals surface area contributed by atoms with Crippen molar-refractivity contribution in [1.82, 2.24) is 9.78 Å². The summed E-state index contributed by atoms with van der Waals surface area (Å²) in [6.07, 6.45) is 6.66. The molecule has 0 radical (unpaired) electrons. The average Bonchev–Trinajstić information content (AvgIpc) is 2.74. The van der Waals surface area contributed by atoms with Crippen molar-refractivity contribution < 1.29 is 4.74 Å². The molecule has 0 aliphatic heterocycles. The quantitative estimate of drug-likeness (QED) is 0.737. The number of aromatic nitrogens is 2. The highest BCUT2D eigenvalue weighted by atomic mass is 32.1. The van der Waals surface area contributed by atoms with Crippen molar-refractivity contribution in [3.63, 3.8) is 0 Å². The number of nitrogens with zero attached hydrogens (tertiary/aromatic N) is 2. The monoisotopic (exact) mass is 269 g/mol. The highest BCUT2D eigenvalue weighted by Gasteiger charge is 2.20. The van der Waals surface area contributed by atoms with Crippen molar-refractivity contribution in [3.05, 3.63) is 12.4 Å². The van der Waals surface area contributed by atoms with E-state index in [1.54, 1.807) is 6.20 Å². The van der Waals surface area contributed by atoms with Gasteiger partial charge in [-0.2, -0.15) is 5.10 Å². The molecule has 4 nitrogen and oxygen atoms in total. The summed E-state index contributed by atoms with van der Waals surface area (Å²) in [5.41, 5.74) is 5.62. The molecule has 2 N–H and O–H groups in total. The van der Waals surface area contributed by atoms with E-state index in [1.165, 1.54) is 0 Å². The molecule has 0 amide bonds. The molecule has 0 fully saturated rings. The van der Waals surface area contributed by atoms with Gasteiger partial charge in [-0.1, -0.05) is 33.0 Å². The fourth-order valence-corrected chi connectivity index (χ4v) is 1.67. The summed E-state index contributed by atoms with van der Waals surface area (Å²) in [4.78, 5) is 0.579. The zero-order valence-corrected chi connectivity index (χ0v) is 12.3. The summed E-state index contributed by atoms with van der Waals surface area (Å²) in [7, 11) is 0. The number of ether oxygens (including phenoxy) is 1. The van der Waals surface area contributed by atoms with Crippen LogP contribution in [0.25, 0.3) is 0 Å². The van der Waals surface area contributed by atoms with Crippen LogP contribution in [0.3, 0.4) is 0 Å². The van der Waals surface area contributed by atoms with Gasteiger partial charge in [0.05, 0.1) is 24.0 Å². The van der Waals surface area contributed by atoms with Crippen molar-refractivity contribution in [2.24, 2.45) is 11.1 Å². The first-order valence-corrected chi connectivity index (χ1v) is 6.81. The van der Waals surface area contributed by atoms with Crippen LogP contribution in [-0.4, -0.2) is 21.4 Å². The maximum Gasteiger partial charge on any atom is 0.157 e. The zero-order chi connectivity index (χ0) is 13.6. The fourth-order valence-electron chi connectivity index (χ4n) is 1.57. The van der Waals surface area contributed by atoms with Gasteiger partial charge in [-0.15, -0.1) is 0 Å². The van der Waals surface area contributed by atoms with Gasteiger partial charge in [0.2, 0.25) is 0 Å². The highest BCUT2D eigenvalue weighted by molar-refractivity contribution is 7.80. The van der Waals surface area contributed by atoms with Crippen LogP contribution in [-0.2, 0) is 6.54 Å². The van der Waals surface area contributed by atoms with E-state index in [-0.39, 0.29) is 5.41 Å². The molecule has 102 valence electrons. The number of nitrogens with two attached hydrogens (primary N) is 1. The Morgan fingerprint density at radius 1 is 1.56 bits per heavy atom. The molecule has 0 saturated heterocycles. The predicted octanol–water partition coefficient (Wildman–Crippen LogP) is 2.76. The number of hydrogen-bond donors (Lipinski definition) is 1. The molecular formula is C13H23N3OS. The van der Waals surface area contributed by atoms with Gasteiger partial charge in [-0.25, -0.2) is 0 Å². The van der Waals surface area contributed by atoms with Crippen molar-refractivity contribution in [2.45, 2.75) is 46.6 Å². The molecule has 0 atom stereocenters. The molecule has 1 aromatic heterocycles. The Hall–Kier alpha value is -1.10. The van der Waals surface area contributed by atoms with Crippen LogP contribution in [0, 0.1) is 5.41 Å². The summed E-state index contributed by atoms with van der Waals surface area (Å²) in [6, 6.07) is 0. The molecule has 0 spiro atoms. The Kier molecular flexibility index (Phi) is 5.59. The molecule has 0 unspecified atom stereocenters. The minimum absolute atomic E-state index is 0.0793. The lowest BCUT2D eigenvalue weighted by molar-refractivity contribution is 0.316. The molecule has 0 saturated carbocycles. The predicted molar refractivity (Wildman–Crippen MR) is 77.8 cm³/mol. The van der Waals surface area contributed by atoms with Crippen LogP contribution in [0.5, 0.6) is 5.75 Å². The second-order valence-electron chi connectivity index (χ2n) is 5.14. The van der Waals surface area contributed by atoms with Crippen molar-refractivity contribution in [2.75, 3.05) is 6.61 Å². The standard InChI is InChI=1S/C13H23N3OS/c1-4-8-17-11-9-15-16(10-11)7-5-6-13(2,3)12(14)18/h9-10H,4-8H2,1-3H3,(H2,14,18). The van der Waals surface area contributed by atoms with E-state index in [1.807, 2.05) is 10.9 Å². The lowest BCUT2D eigenvalue weighted by atomic mass is 9.88. The molecule has 1 aromatic rings. The van der Waals surface area contributed by atoms with E-state index in [9.17, 15) is 0 Å². The van der Waals surface area contributed by atoms with E-state index in [4.69, 9.17) is 22.7 Å².